The molecule has 1 aromatic carbocycles. The van der Waals surface area contributed by atoms with Gasteiger partial charge in [-0.1, -0.05) is 17.7 Å². The molecule has 0 saturated heterocycles. The molecule has 1 aromatic rings. The summed E-state index contributed by atoms with van der Waals surface area (Å²) in [5, 5.41) is 8.77. The molecule has 0 aliphatic heterocycles. The maximum atomic E-state index is 13.5. The monoisotopic (exact) mass is 292 g/mol. The Hall–Kier alpha value is -1.40. The van der Waals surface area contributed by atoms with Gasteiger partial charge in [0.15, 0.2) is 9.84 Å². The largest absolute Gasteiger partial charge is 0.478 e. The van der Waals surface area contributed by atoms with Crippen LogP contribution in [0.1, 0.15) is 15.9 Å². The van der Waals surface area contributed by atoms with Crippen LogP contribution >= 0.6 is 11.6 Å². The van der Waals surface area contributed by atoms with E-state index in [1.54, 1.807) is 0 Å². The van der Waals surface area contributed by atoms with E-state index in [-0.39, 0.29) is 10.5 Å². The Labute approximate surface area is 109 Å². The first kappa shape index (κ1) is 14.7. The van der Waals surface area contributed by atoms with Crippen LogP contribution in [0.25, 0.3) is 0 Å². The summed E-state index contributed by atoms with van der Waals surface area (Å²) in [6, 6.07) is 1.73. The normalized spacial score (nSPS) is 11.9. The number of rotatable bonds is 4. The van der Waals surface area contributed by atoms with Crippen molar-refractivity contribution in [1.82, 2.24) is 0 Å². The predicted octanol–water partition coefficient (Wildman–Crippen LogP) is 2.36. The van der Waals surface area contributed by atoms with Gasteiger partial charge in [-0.15, -0.1) is 0 Å². The summed E-state index contributed by atoms with van der Waals surface area (Å²) in [7, 11) is -3.81. The number of halogens is 2. The molecule has 0 aliphatic carbocycles. The van der Waals surface area contributed by atoms with Crippen LogP contribution in [-0.2, 0) is 9.84 Å². The third-order valence-electron chi connectivity index (χ3n) is 2.28. The van der Waals surface area contributed by atoms with Crippen LogP contribution in [0.15, 0.2) is 28.6 Å². The summed E-state index contributed by atoms with van der Waals surface area (Å²) in [4.78, 5) is 10.4. The van der Waals surface area contributed by atoms with E-state index in [9.17, 15) is 17.6 Å². The lowest BCUT2D eigenvalue weighted by Gasteiger charge is -2.08. The van der Waals surface area contributed by atoms with E-state index in [2.05, 4.69) is 0 Å². The average Bonchev–Trinajstić information content (AvgIpc) is 2.29. The number of carbonyl (C=O) groups is 1. The zero-order valence-corrected chi connectivity index (χ0v) is 10.9. The number of sulfone groups is 1. The lowest BCUT2D eigenvalue weighted by Crippen LogP contribution is -2.10. The van der Waals surface area contributed by atoms with Crippen molar-refractivity contribution in [3.8, 4) is 0 Å². The van der Waals surface area contributed by atoms with Crippen LogP contribution < -0.4 is 0 Å². The molecule has 0 radical (unpaired) electrons. The van der Waals surface area contributed by atoms with Crippen molar-refractivity contribution in [1.29, 1.82) is 0 Å². The third kappa shape index (κ3) is 3.08. The van der Waals surface area contributed by atoms with Crippen molar-refractivity contribution < 1.29 is 22.7 Å². The number of benzene rings is 1. The highest BCUT2D eigenvalue weighted by atomic mass is 35.5. The van der Waals surface area contributed by atoms with E-state index < -0.39 is 32.9 Å². The van der Waals surface area contributed by atoms with E-state index in [0.29, 0.717) is 0 Å². The number of carboxylic acids is 1. The van der Waals surface area contributed by atoms with Gasteiger partial charge in [-0.25, -0.2) is 17.6 Å². The van der Waals surface area contributed by atoms with Gasteiger partial charge in [0.2, 0.25) is 0 Å². The van der Waals surface area contributed by atoms with Gasteiger partial charge in [0.05, 0.1) is 16.2 Å². The highest BCUT2D eigenvalue weighted by Gasteiger charge is 2.21. The minimum Gasteiger partial charge on any atom is -0.478 e. The molecule has 0 unspecified atom stereocenters. The van der Waals surface area contributed by atoms with Crippen molar-refractivity contribution in [3.63, 3.8) is 0 Å². The summed E-state index contributed by atoms with van der Waals surface area (Å²) in [5.74, 6) is -2.68. The second kappa shape index (κ2) is 5.49. The van der Waals surface area contributed by atoms with Crippen molar-refractivity contribution in [3.05, 3.63) is 40.7 Å². The SMILES string of the molecule is Cc1c(F)cc(C(=O)O)cc1S(=O)(=O)C/C=C/Cl. The van der Waals surface area contributed by atoms with Crippen LogP contribution in [0.5, 0.6) is 0 Å². The van der Waals surface area contributed by atoms with Crippen LogP contribution in [0.3, 0.4) is 0 Å². The molecule has 0 aliphatic rings. The molecule has 0 heterocycles. The molecule has 0 fully saturated rings. The Morgan fingerprint density at radius 2 is 2.11 bits per heavy atom. The van der Waals surface area contributed by atoms with Gasteiger partial charge in [0.25, 0.3) is 0 Å². The summed E-state index contributed by atoms with van der Waals surface area (Å²) >= 11 is 5.23. The number of aromatic carboxylic acids is 1. The molecule has 98 valence electrons. The highest BCUT2D eigenvalue weighted by molar-refractivity contribution is 7.91. The molecule has 0 spiro atoms. The van der Waals surface area contributed by atoms with E-state index >= 15 is 0 Å². The van der Waals surface area contributed by atoms with E-state index in [1.165, 1.54) is 13.0 Å². The summed E-state index contributed by atoms with van der Waals surface area (Å²) in [6.45, 7) is 1.28. The Balaban J connectivity index is 3.44. The average molecular weight is 293 g/mol. The number of carboxylic acid groups (broad SMARTS) is 1. The van der Waals surface area contributed by atoms with Gasteiger partial charge < -0.3 is 5.11 Å². The molecule has 0 atom stereocenters. The molecule has 0 aromatic heterocycles. The Morgan fingerprint density at radius 1 is 1.50 bits per heavy atom. The predicted molar refractivity (Wildman–Crippen MR) is 65.1 cm³/mol. The zero-order valence-electron chi connectivity index (χ0n) is 9.35. The minimum absolute atomic E-state index is 0.108. The fraction of sp³-hybridized carbons (Fsp3) is 0.182. The quantitative estimate of drug-likeness (QED) is 0.925. The number of hydrogen-bond acceptors (Lipinski definition) is 3. The van der Waals surface area contributed by atoms with Crippen molar-refractivity contribution in [2.45, 2.75) is 11.8 Å². The van der Waals surface area contributed by atoms with Gasteiger partial charge in [-0.05, 0) is 19.1 Å². The van der Waals surface area contributed by atoms with Crippen LogP contribution in [0.4, 0.5) is 4.39 Å². The molecule has 4 nitrogen and oxygen atoms in total. The van der Waals surface area contributed by atoms with E-state index in [0.717, 1.165) is 17.7 Å². The first-order chi connectivity index (χ1) is 8.29. The Morgan fingerprint density at radius 3 is 2.61 bits per heavy atom. The summed E-state index contributed by atoms with van der Waals surface area (Å²) in [5.41, 5.74) is 0.513. The van der Waals surface area contributed by atoms with Crippen LogP contribution in [0.2, 0.25) is 0 Å². The first-order valence-corrected chi connectivity index (χ1v) is 6.90. The van der Waals surface area contributed by atoms with Gasteiger partial charge in [-0.2, -0.15) is 0 Å². The van der Waals surface area contributed by atoms with Crippen LogP contribution in [-0.4, -0.2) is 25.2 Å². The lowest BCUT2D eigenvalue weighted by atomic mass is 10.1. The highest BCUT2D eigenvalue weighted by Crippen LogP contribution is 2.22. The molecule has 0 bridgehead atoms. The van der Waals surface area contributed by atoms with Crippen molar-refractivity contribution in [2.24, 2.45) is 0 Å². The van der Waals surface area contributed by atoms with Gasteiger partial charge in [0.1, 0.15) is 5.82 Å². The molecule has 18 heavy (non-hydrogen) atoms. The molecular weight excluding hydrogens is 283 g/mol. The number of hydrogen-bond donors (Lipinski definition) is 1. The van der Waals surface area contributed by atoms with Gasteiger partial charge in [-0.3, -0.25) is 0 Å². The maximum absolute atomic E-state index is 13.5. The third-order valence-corrected chi connectivity index (χ3v) is 4.19. The molecule has 1 rings (SSSR count). The minimum atomic E-state index is -3.81. The fourth-order valence-electron chi connectivity index (χ4n) is 1.35. The summed E-state index contributed by atoms with van der Waals surface area (Å²) < 4.78 is 37.2. The van der Waals surface area contributed by atoms with E-state index in [4.69, 9.17) is 16.7 Å². The zero-order chi connectivity index (χ0) is 13.9. The first-order valence-electron chi connectivity index (χ1n) is 4.81. The standard InChI is InChI=1S/C11H10ClFO4S/c1-7-9(13)5-8(11(14)15)6-10(7)18(16,17)4-2-3-12/h2-3,5-6H,4H2,1H3,(H,14,15)/b3-2+. The molecule has 0 amide bonds. The van der Waals surface area contributed by atoms with Crippen LogP contribution in [0, 0.1) is 12.7 Å². The van der Waals surface area contributed by atoms with Gasteiger partial charge in [0, 0.05) is 11.1 Å². The fourth-order valence-corrected chi connectivity index (χ4v) is 2.95. The molecule has 0 saturated carbocycles. The molecule has 7 heteroatoms. The lowest BCUT2D eigenvalue weighted by molar-refractivity contribution is 0.0696. The van der Waals surface area contributed by atoms with Crippen molar-refractivity contribution >= 4 is 27.4 Å². The molecular formula is C11H10ClFO4S. The van der Waals surface area contributed by atoms with Crippen molar-refractivity contribution in [2.75, 3.05) is 5.75 Å². The Bertz CT molecular complexity index is 608. The smallest absolute Gasteiger partial charge is 0.335 e. The molecule has 1 N–H and O–H groups in total. The topological polar surface area (TPSA) is 71.4 Å². The Kier molecular flexibility index (Phi) is 4.48. The maximum Gasteiger partial charge on any atom is 0.335 e. The summed E-state index contributed by atoms with van der Waals surface area (Å²) in [6.07, 6.45) is 1.18. The second-order valence-electron chi connectivity index (χ2n) is 3.53. The van der Waals surface area contributed by atoms with Gasteiger partial charge >= 0.3 is 5.97 Å². The van der Waals surface area contributed by atoms with E-state index in [1.807, 2.05) is 0 Å². The second-order valence-corrected chi connectivity index (χ2v) is 5.78.